The quantitative estimate of drug-likeness (QED) is 0.345. The molecule has 0 saturated carbocycles. The maximum absolute atomic E-state index is 12.7. The van der Waals surface area contributed by atoms with Crippen LogP contribution in [0.1, 0.15) is 61.0 Å². The van der Waals surface area contributed by atoms with Crippen LogP contribution in [0.2, 0.25) is 0 Å². The number of hydrogen-bond acceptors (Lipinski definition) is 4. The summed E-state index contributed by atoms with van der Waals surface area (Å²) in [7, 11) is -3.64. The second-order valence-electron chi connectivity index (χ2n) is 9.63. The third kappa shape index (κ3) is 5.78. The van der Waals surface area contributed by atoms with E-state index in [1.165, 1.54) is 0 Å². The van der Waals surface area contributed by atoms with Gasteiger partial charge in [-0.2, -0.15) is 0 Å². The molecule has 182 valence electrons. The summed E-state index contributed by atoms with van der Waals surface area (Å²) in [4.78, 5) is 20.7. The van der Waals surface area contributed by atoms with E-state index in [1.54, 1.807) is 36.4 Å². The van der Waals surface area contributed by atoms with Gasteiger partial charge in [0.15, 0.2) is 0 Å². The molecule has 4 aromatic rings. The van der Waals surface area contributed by atoms with Gasteiger partial charge in [-0.1, -0.05) is 57.2 Å². The number of para-hydroxylation sites is 2. The molecule has 4 rings (SSSR count). The van der Waals surface area contributed by atoms with E-state index in [0.29, 0.717) is 11.4 Å². The summed E-state index contributed by atoms with van der Waals surface area (Å²) in [5.41, 5.74) is 4.02. The minimum Gasteiger partial charge on any atom is -0.342 e. The van der Waals surface area contributed by atoms with Crippen molar-refractivity contribution in [2.24, 2.45) is 0 Å². The number of amides is 1. The molecule has 0 aliphatic rings. The van der Waals surface area contributed by atoms with Crippen LogP contribution in [-0.2, 0) is 22.0 Å². The van der Waals surface area contributed by atoms with Gasteiger partial charge >= 0.3 is 0 Å². The van der Waals surface area contributed by atoms with Gasteiger partial charge in [-0.25, -0.2) is 18.1 Å². The van der Waals surface area contributed by atoms with E-state index < -0.39 is 10.0 Å². The van der Waals surface area contributed by atoms with Gasteiger partial charge in [0, 0.05) is 12.1 Å². The standard InChI is InChI=1S/C27H30N4O3S/c1-18(25-30-23-7-5-6-8-24(23)31-25)29-26(32)20-11-9-19(10-12-20)17-28-35(33,34)22-15-13-21(14-16-22)27(2,3)4/h5-16,18,28H,17H2,1-4H3,(H,29,32)(H,30,31). The Hall–Kier alpha value is -3.49. The molecule has 0 aliphatic heterocycles. The van der Waals surface area contributed by atoms with Crippen molar-refractivity contribution in [2.45, 2.75) is 50.6 Å². The largest absolute Gasteiger partial charge is 0.342 e. The number of H-pyrrole nitrogens is 1. The Kier molecular flexibility index (Phi) is 6.78. The van der Waals surface area contributed by atoms with Gasteiger partial charge in [0.1, 0.15) is 5.82 Å². The van der Waals surface area contributed by atoms with Gasteiger partial charge in [0.25, 0.3) is 5.91 Å². The molecule has 0 fully saturated rings. The molecule has 0 aliphatic carbocycles. The fraction of sp³-hybridized carbons (Fsp3) is 0.259. The van der Waals surface area contributed by atoms with Crippen LogP contribution in [-0.4, -0.2) is 24.3 Å². The number of sulfonamides is 1. The number of nitrogens with zero attached hydrogens (tertiary/aromatic N) is 1. The van der Waals surface area contributed by atoms with Gasteiger partial charge in [-0.05, 0) is 59.9 Å². The number of aromatic nitrogens is 2. The molecule has 0 spiro atoms. The average molecular weight is 491 g/mol. The summed E-state index contributed by atoms with van der Waals surface area (Å²) in [6.45, 7) is 8.24. The summed E-state index contributed by atoms with van der Waals surface area (Å²) >= 11 is 0. The molecule has 0 saturated heterocycles. The number of aromatic amines is 1. The molecule has 1 amide bonds. The average Bonchev–Trinajstić information content (AvgIpc) is 3.27. The zero-order chi connectivity index (χ0) is 25.2. The molecule has 35 heavy (non-hydrogen) atoms. The van der Waals surface area contributed by atoms with E-state index in [0.717, 1.165) is 22.2 Å². The topological polar surface area (TPSA) is 104 Å². The molecule has 0 bridgehead atoms. The predicted octanol–water partition coefficient (Wildman–Crippen LogP) is 4.83. The number of benzene rings is 3. The summed E-state index contributed by atoms with van der Waals surface area (Å²) < 4.78 is 28.0. The SMILES string of the molecule is CC(NC(=O)c1ccc(CNS(=O)(=O)c2ccc(C(C)(C)C)cc2)cc1)c1nc2ccccc2[nH]1. The highest BCUT2D eigenvalue weighted by atomic mass is 32.2. The normalized spacial score (nSPS) is 13.0. The molecule has 0 radical (unpaired) electrons. The van der Waals surface area contributed by atoms with Crippen LogP contribution < -0.4 is 10.0 Å². The van der Waals surface area contributed by atoms with Gasteiger partial charge in [0.2, 0.25) is 10.0 Å². The van der Waals surface area contributed by atoms with E-state index in [2.05, 4.69) is 40.8 Å². The highest BCUT2D eigenvalue weighted by Gasteiger charge is 2.18. The van der Waals surface area contributed by atoms with Crippen molar-refractivity contribution in [3.63, 3.8) is 0 Å². The van der Waals surface area contributed by atoms with E-state index in [1.807, 2.05) is 43.3 Å². The first kappa shape index (κ1) is 24.6. The van der Waals surface area contributed by atoms with E-state index in [-0.39, 0.29) is 28.8 Å². The van der Waals surface area contributed by atoms with Crippen molar-refractivity contribution in [3.8, 4) is 0 Å². The highest BCUT2D eigenvalue weighted by Crippen LogP contribution is 2.23. The van der Waals surface area contributed by atoms with Crippen LogP contribution in [0.5, 0.6) is 0 Å². The molecule has 1 unspecified atom stereocenters. The number of carbonyl (C=O) groups is 1. The molecule has 7 nitrogen and oxygen atoms in total. The minimum atomic E-state index is -3.64. The number of hydrogen-bond donors (Lipinski definition) is 3. The van der Waals surface area contributed by atoms with Gasteiger partial charge < -0.3 is 10.3 Å². The maximum atomic E-state index is 12.7. The second-order valence-corrected chi connectivity index (χ2v) is 11.4. The Bertz CT molecular complexity index is 1400. The molecular weight excluding hydrogens is 460 g/mol. The zero-order valence-electron chi connectivity index (χ0n) is 20.3. The van der Waals surface area contributed by atoms with Crippen molar-refractivity contribution in [1.82, 2.24) is 20.0 Å². The van der Waals surface area contributed by atoms with Gasteiger partial charge in [-0.3, -0.25) is 4.79 Å². The Balaban J connectivity index is 1.36. The molecule has 1 aromatic heterocycles. The van der Waals surface area contributed by atoms with Crippen LogP contribution in [0, 0.1) is 0 Å². The molecule has 3 aromatic carbocycles. The number of rotatable bonds is 7. The summed E-state index contributed by atoms with van der Waals surface area (Å²) in [6.07, 6.45) is 0. The van der Waals surface area contributed by atoms with Crippen LogP contribution in [0.15, 0.2) is 77.7 Å². The van der Waals surface area contributed by atoms with E-state index in [4.69, 9.17) is 0 Å². The third-order valence-electron chi connectivity index (χ3n) is 5.88. The highest BCUT2D eigenvalue weighted by molar-refractivity contribution is 7.89. The molecule has 8 heteroatoms. The fourth-order valence-corrected chi connectivity index (χ4v) is 4.71. The number of imidazole rings is 1. The minimum absolute atomic E-state index is 0.0480. The van der Waals surface area contributed by atoms with Crippen molar-refractivity contribution in [3.05, 3.63) is 95.3 Å². The van der Waals surface area contributed by atoms with Crippen LogP contribution in [0.3, 0.4) is 0 Å². The first-order chi connectivity index (χ1) is 16.5. The number of nitrogens with one attached hydrogen (secondary N) is 3. The first-order valence-corrected chi connectivity index (χ1v) is 13.0. The molecule has 1 heterocycles. The van der Waals surface area contributed by atoms with E-state index in [9.17, 15) is 13.2 Å². The fourth-order valence-electron chi connectivity index (χ4n) is 3.70. The Morgan fingerprint density at radius 3 is 2.26 bits per heavy atom. The Morgan fingerprint density at radius 1 is 0.971 bits per heavy atom. The lowest BCUT2D eigenvalue weighted by atomic mass is 9.87. The lowest BCUT2D eigenvalue weighted by molar-refractivity contribution is 0.0938. The zero-order valence-corrected chi connectivity index (χ0v) is 21.1. The summed E-state index contributed by atoms with van der Waals surface area (Å²) in [5.74, 6) is 0.449. The van der Waals surface area contributed by atoms with Crippen molar-refractivity contribution in [2.75, 3.05) is 0 Å². The van der Waals surface area contributed by atoms with Crippen molar-refractivity contribution < 1.29 is 13.2 Å². The maximum Gasteiger partial charge on any atom is 0.251 e. The van der Waals surface area contributed by atoms with Crippen LogP contribution >= 0.6 is 0 Å². The van der Waals surface area contributed by atoms with Crippen LogP contribution in [0.4, 0.5) is 0 Å². The molecule has 1 atom stereocenters. The number of carbonyl (C=O) groups excluding carboxylic acids is 1. The van der Waals surface area contributed by atoms with Crippen molar-refractivity contribution in [1.29, 1.82) is 0 Å². The molecular formula is C27H30N4O3S. The summed E-state index contributed by atoms with van der Waals surface area (Å²) in [6, 6.07) is 21.2. The predicted molar refractivity (Wildman–Crippen MR) is 138 cm³/mol. The monoisotopic (exact) mass is 490 g/mol. The Labute approximate surface area is 206 Å². The Morgan fingerprint density at radius 2 is 1.63 bits per heavy atom. The van der Waals surface area contributed by atoms with Gasteiger partial charge in [-0.15, -0.1) is 0 Å². The van der Waals surface area contributed by atoms with E-state index >= 15 is 0 Å². The summed E-state index contributed by atoms with van der Waals surface area (Å²) in [5, 5.41) is 2.94. The first-order valence-electron chi connectivity index (χ1n) is 11.5. The molecule has 3 N–H and O–H groups in total. The number of fused-ring (bicyclic) bond motifs is 1. The van der Waals surface area contributed by atoms with Crippen LogP contribution in [0.25, 0.3) is 11.0 Å². The third-order valence-corrected chi connectivity index (χ3v) is 7.30. The van der Waals surface area contributed by atoms with Gasteiger partial charge in [0.05, 0.1) is 22.0 Å². The lowest BCUT2D eigenvalue weighted by Gasteiger charge is -2.19. The van der Waals surface area contributed by atoms with Crippen molar-refractivity contribution >= 4 is 27.0 Å². The smallest absolute Gasteiger partial charge is 0.251 e. The lowest BCUT2D eigenvalue weighted by Crippen LogP contribution is -2.27. The second kappa shape index (κ2) is 9.64.